The molecule has 1 heterocycles. The van der Waals surface area contributed by atoms with E-state index in [1.54, 1.807) is 13.0 Å². The zero-order valence-corrected chi connectivity index (χ0v) is 9.03. The summed E-state index contributed by atoms with van der Waals surface area (Å²) in [5.74, 6) is -0.746. The molecule has 17 heavy (non-hydrogen) atoms. The predicted octanol–water partition coefficient (Wildman–Crippen LogP) is 1.96. The average Bonchev–Trinajstić information content (AvgIpc) is 2.63. The van der Waals surface area contributed by atoms with E-state index in [0.717, 1.165) is 12.1 Å². The molecule has 88 valence electrons. The fourth-order valence-electron chi connectivity index (χ4n) is 1.34. The smallest absolute Gasteiger partial charge is 0.260 e. The number of amides is 1. The molecule has 0 aliphatic heterocycles. The first-order chi connectivity index (χ1) is 8.06. The average molecular weight is 235 g/mol. The van der Waals surface area contributed by atoms with Crippen LogP contribution < -0.4 is 11.1 Å². The minimum absolute atomic E-state index is 0.0683. The molecule has 0 radical (unpaired) electrons. The van der Waals surface area contributed by atoms with E-state index in [-0.39, 0.29) is 17.1 Å². The molecular formula is C11H10FN3O2. The van der Waals surface area contributed by atoms with Gasteiger partial charge in [-0.15, -0.1) is 0 Å². The Morgan fingerprint density at radius 3 is 2.82 bits per heavy atom. The number of benzene rings is 1. The van der Waals surface area contributed by atoms with Crippen LogP contribution in [0.15, 0.2) is 28.8 Å². The molecule has 2 aromatic rings. The second-order valence-corrected chi connectivity index (χ2v) is 3.52. The van der Waals surface area contributed by atoms with Gasteiger partial charge in [0.25, 0.3) is 5.91 Å². The number of carbonyl (C=O) groups is 1. The Balaban J connectivity index is 2.20. The van der Waals surface area contributed by atoms with Crippen LogP contribution >= 0.6 is 0 Å². The van der Waals surface area contributed by atoms with Crippen LogP contribution in [0.5, 0.6) is 0 Å². The van der Waals surface area contributed by atoms with E-state index >= 15 is 0 Å². The van der Waals surface area contributed by atoms with Gasteiger partial charge in [-0.2, -0.15) is 0 Å². The summed E-state index contributed by atoms with van der Waals surface area (Å²) >= 11 is 0. The van der Waals surface area contributed by atoms with E-state index in [4.69, 9.17) is 10.3 Å². The molecule has 6 heteroatoms. The number of halogens is 1. The second-order valence-electron chi connectivity index (χ2n) is 3.52. The molecule has 1 aromatic heterocycles. The lowest BCUT2D eigenvalue weighted by Gasteiger charge is -2.04. The number of anilines is 2. The van der Waals surface area contributed by atoms with Crippen LogP contribution in [0.25, 0.3) is 0 Å². The maximum absolute atomic E-state index is 12.8. The number of nitrogen functional groups attached to an aromatic ring is 1. The molecular weight excluding hydrogens is 225 g/mol. The Kier molecular flexibility index (Phi) is 2.78. The third kappa shape index (κ3) is 2.41. The molecule has 1 aromatic carbocycles. The monoisotopic (exact) mass is 235 g/mol. The summed E-state index contributed by atoms with van der Waals surface area (Å²) in [6, 6.07) is 5.12. The maximum Gasteiger partial charge on any atom is 0.260 e. The summed E-state index contributed by atoms with van der Waals surface area (Å²) in [7, 11) is 0. The maximum atomic E-state index is 12.8. The fourth-order valence-corrected chi connectivity index (χ4v) is 1.34. The lowest BCUT2D eigenvalue weighted by molar-refractivity contribution is 0.102. The lowest BCUT2D eigenvalue weighted by atomic mass is 10.1. The summed E-state index contributed by atoms with van der Waals surface area (Å²) < 4.78 is 17.6. The van der Waals surface area contributed by atoms with Crippen molar-refractivity contribution in [2.24, 2.45) is 0 Å². The molecule has 0 atom stereocenters. The molecule has 0 aliphatic carbocycles. The van der Waals surface area contributed by atoms with E-state index < -0.39 is 11.7 Å². The largest absolute Gasteiger partial charge is 0.398 e. The van der Waals surface area contributed by atoms with Crippen LogP contribution in [0.4, 0.5) is 16.0 Å². The third-order valence-corrected chi connectivity index (χ3v) is 2.12. The lowest BCUT2D eigenvalue weighted by Crippen LogP contribution is -2.13. The van der Waals surface area contributed by atoms with Crippen molar-refractivity contribution in [1.82, 2.24) is 5.16 Å². The van der Waals surface area contributed by atoms with Gasteiger partial charge in [-0.05, 0) is 25.1 Å². The first kappa shape index (κ1) is 11.1. The molecule has 0 unspecified atom stereocenters. The first-order valence-electron chi connectivity index (χ1n) is 4.86. The summed E-state index contributed by atoms with van der Waals surface area (Å²) in [4.78, 5) is 11.8. The minimum atomic E-state index is -0.491. The molecule has 2 rings (SSSR count). The van der Waals surface area contributed by atoms with Gasteiger partial charge in [-0.3, -0.25) is 10.1 Å². The van der Waals surface area contributed by atoms with E-state index in [2.05, 4.69) is 10.5 Å². The van der Waals surface area contributed by atoms with Gasteiger partial charge in [-0.25, -0.2) is 4.39 Å². The van der Waals surface area contributed by atoms with Crippen molar-refractivity contribution in [3.05, 3.63) is 41.3 Å². The topological polar surface area (TPSA) is 81.2 Å². The van der Waals surface area contributed by atoms with Gasteiger partial charge in [-0.1, -0.05) is 5.16 Å². The third-order valence-electron chi connectivity index (χ3n) is 2.12. The SMILES string of the molecule is Cc1cc(NC(=O)c2ccc(F)cc2N)on1. The Morgan fingerprint density at radius 2 is 2.24 bits per heavy atom. The van der Waals surface area contributed by atoms with Crippen molar-refractivity contribution in [3.63, 3.8) is 0 Å². The molecule has 0 bridgehead atoms. The summed E-state index contributed by atoms with van der Waals surface area (Å²) in [5.41, 5.74) is 6.43. The van der Waals surface area contributed by atoms with Gasteiger partial charge in [0.05, 0.1) is 11.3 Å². The van der Waals surface area contributed by atoms with Crippen molar-refractivity contribution in [3.8, 4) is 0 Å². The van der Waals surface area contributed by atoms with Crippen LogP contribution in [-0.2, 0) is 0 Å². The summed E-state index contributed by atoms with van der Waals surface area (Å²) in [6.07, 6.45) is 0. The van der Waals surface area contributed by atoms with Crippen LogP contribution in [0.3, 0.4) is 0 Å². The fraction of sp³-hybridized carbons (Fsp3) is 0.0909. The number of nitrogens with zero attached hydrogens (tertiary/aromatic N) is 1. The van der Waals surface area contributed by atoms with Crippen LogP contribution in [0, 0.1) is 12.7 Å². The molecule has 0 fully saturated rings. The number of rotatable bonds is 2. The number of nitrogens with two attached hydrogens (primary N) is 1. The highest BCUT2D eigenvalue weighted by Gasteiger charge is 2.12. The Hall–Kier alpha value is -2.37. The quantitative estimate of drug-likeness (QED) is 0.779. The first-order valence-corrected chi connectivity index (χ1v) is 4.86. The summed E-state index contributed by atoms with van der Waals surface area (Å²) in [6.45, 7) is 1.73. The molecule has 3 N–H and O–H groups in total. The van der Waals surface area contributed by atoms with Gasteiger partial charge >= 0.3 is 0 Å². The Labute approximate surface area is 96.4 Å². The van der Waals surface area contributed by atoms with Gasteiger partial charge in [0.2, 0.25) is 5.88 Å². The van der Waals surface area contributed by atoms with E-state index in [0.29, 0.717) is 5.69 Å². The molecule has 0 spiro atoms. The van der Waals surface area contributed by atoms with Crippen LogP contribution in [-0.4, -0.2) is 11.1 Å². The zero-order valence-electron chi connectivity index (χ0n) is 9.03. The second kappa shape index (κ2) is 4.25. The predicted molar refractivity (Wildman–Crippen MR) is 60.0 cm³/mol. The minimum Gasteiger partial charge on any atom is -0.398 e. The number of aromatic nitrogens is 1. The number of hydrogen-bond donors (Lipinski definition) is 2. The van der Waals surface area contributed by atoms with Crippen LogP contribution in [0.1, 0.15) is 16.1 Å². The highest BCUT2D eigenvalue weighted by atomic mass is 19.1. The Bertz CT molecular complexity index is 566. The van der Waals surface area contributed by atoms with Gasteiger partial charge in [0.15, 0.2) is 0 Å². The number of nitrogens with one attached hydrogen (secondary N) is 1. The van der Waals surface area contributed by atoms with Crippen molar-refractivity contribution < 1.29 is 13.7 Å². The van der Waals surface area contributed by atoms with E-state index in [1.807, 2.05) is 0 Å². The van der Waals surface area contributed by atoms with Crippen molar-refractivity contribution in [2.75, 3.05) is 11.1 Å². The van der Waals surface area contributed by atoms with E-state index in [1.165, 1.54) is 6.07 Å². The zero-order chi connectivity index (χ0) is 12.4. The molecule has 1 amide bonds. The standard InChI is InChI=1S/C11H10FN3O2/c1-6-4-10(17-15-6)14-11(16)8-3-2-7(12)5-9(8)13/h2-5H,13H2,1H3,(H,14,16). The highest BCUT2D eigenvalue weighted by molar-refractivity contribution is 6.07. The van der Waals surface area contributed by atoms with Crippen molar-refractivity contribution >= 4 is 17.5 Å². The Morgan fingerprint density at radius 1 is 1.47 bits per heavy atom. The highest BCUT2D eigenvalue weighted by Crippen LogP contribution is 2.16. The molecule has 0 aliphatic rings. The number of aryl methyl sites for hydroxylation is 1. The van der Waals surface area contributed by atoms with Crippen molar-refractivity contribution in [1.29, 1.82) is 0 Å². The van der Waals surface area contributed by atoms with Gasteiger partial charge < -0.3 is 10.3 Å². The van der Waals surface area contributed by atoms with Gasteiger partial charge in [0, 0.05) is 11.8 Å². The molecule has 5 nitrogen and oxygen atoms in total. The van der Waals surface area contributed by atoms with E-state index in [9.17, 15) is 9.18 Å². The normalized spacial score (nSPS) is 10.2. The number of carbonyl (C=O) groups excluding carboxylic acids is 1. The summed E-state index contributed by atoms with van der Waals surface area (Å²) in [5, 5.41) is 6.09. The van der Waals surface area contributed by atoms with Gasteiger partial charge in [0.1, 0.15) is 5.82 Å². The van der Waals surface area contributed by atoms with Crippen molar-refractivity contribution in [2.45, 2.75) is 6.92 Å². The van der Waals surface area contributed by atoms with Crippen LogP contribution in [0.2, 0.25) is 0 Å². The number of hydrogen-bond acceptors (Lipinski definition) is 4. The molecule has 0 saturated heterocycles. The molecule has 0 saturated carbocycles.